The number of anilines is 1. The number of guanidine groups is 1. The molecule has 0 spiro atoms. The summed E-state index contributed by atoms with van der Waals surface area (Å²) in [5, 5.41) is 3.60. The Morgan fingerprint density at radius 3 is 3.05 bits per heavy atom. The summed E-state index contributed by atoms with van der Waals surface area (Å²) in [7, 11) is 1.59. The minimum absolute atomic E-state index is 0.416. The average molecular weight is 311 g/mol. The molecule has 116 valence electrons. The first-order chi connectivity index (χ1) is 10.1. The van der Waals surface area contributed by atoms with Crippen molar-refractivity contribution in [2.24, 2.45) is 10.7 Å². The van der Waals surface area contributed by atoms with Gasteiger partial charge in [0.05, 0.1) is 18.7 Å². The number of aliphatic imine (C=N–C) groups is 1. The molecule has 1 heterocycles. The predicted molar refractivity (Wildman–Crippen MR) is 88.4 cm³/mol. The molecule has 0 aromatic heterocycles. The second-order valence-electron chi connectivity index (χ2n) is 5.12. The molecule has 1 aromatic rings. The Kier molecular flexibility index (Phi) is 5.70. The standard InChI is InChI=1S/C15H23ClN4O/c1-3-20-8-4-5-12(20)10-18-15(17)19-11-6-7-14(21-2)13(16)9-11/h6-7,9,12H,3-5,8,10H2,1-2H3,(H3,17,18,19). The topological polar surface area (TPSA) is 62.9 Å². The second kappa shape index (κ2) is 7.52. The highest BCUT2D eigenvalue weighted by molar-refractivity contribution is 6.32. The maximum atomic E-state index is 6.08. The maximum Gasteiger partial charge on any atom is 0.193 e. The van der Waals surface area contributed by atoms with Crippen LogP contribution < -0.4 is 15.8 Å². The zero-order chi connectivity index (χ0) is 15.2. The van der Waals surface area contributed by atoms with E-state index in [4.69, 9.17) is 22.1 Å². The molecule has 1 saturated heterocycles. The highest BCUT2D eigenvalue weighted by atomic mass is 35.5. The van der Waals surface area contributed by atoms with E-state index >= 15 is 0 Å². The smallest absolute Gasteiger partial charge is 0.193 e. The molecule has 1 atom stereocenters. The van der Waals surface area contributed by atoms with Crippen LogP contribution >= 0.6 is 11.6 Å². The van der Waals surface area contributed by atoms with Crippen LogP contribution in [0.2, 0.25) is 5.02 Å². The van der Waals surface area contributed by atoms with Gasteiger partial charge < -0.3 is 15.8 Å². The van der Waals surface area contributed by atoms with E-state index in [0.717, 1.165) is 25.3 Å². The van der Waals surface area contributed by atoms with Crippen LogP contribution in [-0.2, 0) is 0 Å². The Morgan fingerprint density at radius 1 is 1.57 bits per heavy atom. The molecule has 2 rings (SSSR count). The summed E-state index contributed by atoms with van der Waals surface area (Å²) >= 11 is 6.08. The summed E-state index contributed by atoms with van der Waals surface area (Å²) in [5.41, 5.74) is 6.74. The molecule has 1 fully saturated rings. The Morgan fingerprint density at radius 2 is 2.38 bits per heavy atom. The van der Waals surface area contributed by atoms with Crippen molar-refractivity contribution in [2.75, 3.05) is 32.1 Å². The number of likely N-dealkylation sites (N-methyl/N-ethyl adjacent to an activating group) is 1. The Balaban J connectivity index is 1.92. The molecule has 1 aliphatic heterocycles. The number of hydrogen-bond donors (Lipinski definition) is 2. The van der Waals surface area contributed by atoms with E-state index in [2.05, 4.69) is 22.1 Å². The van der Waals surface area contributed by atoms with Crippen LogP contribution in [0.5, 0.6) is 5.75 Å². The zero-order valence-electron chi connectivity index (χ0n) is 12.6. The van der Waals surface area contributed by atoms with Crippen molar-refractivity contribution >= 4 is 23.2 Å². The summed E-state index contributed by atoms with van der Waals surface area (Å²) < 4.78 is 5.12. The lowest BCUT2D eigenvalue weighted by molar-refractivity contribution is 0.273. The third-order valence-corrected chi connectivity index (χ3v) is 4.10. The third kappa shape index (κ3) is 4.25. The van der Waals surface area contributed by atoms with Gasteiger partial charge in [0.2, 0.25) is 0 Å². The van der Waals surface area contributed by atoms with Gasteiger partial charge in [0, 0.05) is 11.7 Å². The molecule has 0 saturated carbocycles. The molecule has 0 radical (unpaired) electrons. The van der Waals surface area contributed by atoms with Gasteiger partial charge in [-0.2, -0.15) is 0 Å². The van der Waals surface area contributed by atoms with Crippen LogP contribution in [0.4, 0.5) is 5.69 Å². The van der Waals surface area contributed by atoms with E-state index in [9.17, 15) is 0 Å². The number of halogens is 1. The molecule has 3 N–H and O–H groups in total. The van der Waals surface area contributed by atoms with E-state index in [0.29, 0.717) is 22.8 Å². The van der Waals surface area contributed by atoms with Gasteiger partial charge in [-0.15, -0.1) is 0 Å². The van der Waals surface area contributed by atoms with Crippen molar-refractivity contribution in [1.82, 2.24) is 4.90 Å². The van der Waals surface area contributed by atoms with Gasteiger partial charge in [-0.05, 0) is 44.1 Å². The lowest BCUT2D eigenvalue weighted by Crippen LogP contribution is -2.33. The Hall–Kier alpha value is -1.46. The number of rotatable bonds is 5. The largest absolute Gasteiger partial charge is 0.495 e. The van der Waals surface area contributed by atoms with Crippen molar-refractivity contribution in [3.8, 4) is 5.75 Å². The molecule has 0 aliphatic carbocycles. The van der Waals surface area contributed by atoms with Gasteiger partial charge >= 0.3 is 0 Å². The zero-order valence-corrected chi connectivity index (χ0v) is 13.4. The number of hydrogen-bond acceptors (Lipinski definition) is 3. The van der Waals surface area contributed by atoms with Crippen molar-refractivity contribution in [3.05, 3.63) is 23.2 Å². The predicted octanol–water partition coefficient (Wildman–Crippen LogP) is 2.56. The molecule has 1 aliphatic rings. The molecule has 1 unspecified atom stereocenters. The molecular formula is C15H23ClN4O. The summed E-state index contributed by atoms with van der Waals surface area (Å²) in [4.78, 5) is 6.88. The number of nitrogens with one attached hydrogen (secondary N) is 1. The van der Waals surface area contributed by atoms with E-state index in [1.54, 1.807) is 19.2 Å². The number of ether oxygens (including phenoxy) is 1. The van der Waals surface area contributed by atoms with E-state index < -0.39 is 0 Å². The van der Waals surface area contributed by atoms with Crippen molar-refractivity contribution in [2.45, 2.75) is 25.8 Å². The molecule has 5 nitrogen and oxygen atoms in total. The van der Waals surface area contributed by atoms with Crippen molar-refractivity contribution < 1.29 is 4.74 Å². The van der Waals surface area contributed by atoms with E-state index in [1.165, 1.54) is 12.8 Å². The quantitative estimate of drug-likeness (QED) is 0.648. The SMILES string of the molecule is CCN1CCCC1CN=C(N)Nc1ccc(OC)c(Cl)c1. The fourth-order valence-corrected chi connectivity index (χ4v) is 2.91. The number of benzene rings is 1. The summed E-state index contributed by atoms with van der Waals surface area (Å²) in [6.45, 7) is 5.15. The van der Waals surface area contributed by atoms with Gasteiger partial charge in [0.25, 0.3) is 0 Å². The minimum atomic E-state index is 0.416. The molecule has 0 bridgehead atoms. The minimum Gasteiger partial charge on any atom is -0.495 e. The van der Waals surface area contributed by atoms with Crippen molar-refractivity contribution in [3.63, 3.8) is 0 Å². The van der Waals surface area contributed by atoms with Crippen LogP contribution in [0.25, 0.3) is 0 Å². The highest BCUT2D eigenvalue weighted by Crippen LogP contribution is 2.27. The first-order valence-corrected chi connectivity index (χ1v) is 7.66. The van der Waals surface area contributed by atoms with Crippen LogP contribution in [0.1, 0.15) is 19.8 Å². The molecule has 0 amide bonds. The van der Waals surface area contributed by atoms with Crippen LogP contribution in [0.3, 0.4) is 0 Å². The van der Waals surface area contributed by atoms with Gasteiger partial charge in [-0.1, -0.05) is 18.5 Å². The van der Waals surface area contributed by atoms with Crippen molar-refractivity contribution in [1.29, 1.82) is 0 Å². The summed E-state index contributed by atoms with van der Waals surface area (Å²) in [6, 6.07) is 5.95. The van der Waals surface area contributed by atoms with Crippen LogP contribution in [0.15, 0.2) is 23.2 Å². The fraction of sp³-hybridized carbons (Fsp3) is 0.533. The van der Waals surface area contributed by atoms with Gasteiger partial charge in [0.1, 0.15) is 5.75 Å². The number of methoxy groups -OCH3 is 1. The Labute approximate surface area is 131 Å². The van der Waals surface area contributed by atoms with Gasteiger partial charge in [-0.3, -0.25) is 9.89 Å². The number of nitrogens with zero attached hydrogens (tertiary/aromatic N) is 2. The van der Waals surface area contributed by atoms with E-state index in [-0.39, 0.29) is 0 Å². The Bertz CT molecular complexity index is 506. The maximum absolute atomic E-state index is 6.08. The lowest BCUT2D eigenvalue weighted by atomic mass is 10.2. The average Bonchev–Trinajstić information content (AvgIpc) is 2.93. The highest BCUT2D eigenvalue weighted by Gasteiger charge is 2.22. The lowest BCUT2D eigenvalue weighted by Gasteiger charge is -2.21. The first-order valence-electron chi connectivity index (χ1n) is 7.28. The molecule has 6 heteroatoms. The normalized spacial score (nSPS) is 19.8. The number of likely N-dealkylation sites (tertiary alicyclic amines) is 1. The molecule has 21 heavy (non-hydrogen) atoms. The summed E-state index contributed by atoms with van der Waals surface area (Å²) in [6.07, 6.45) is 2.44. The first kappa shape index (κ1) is 15.9. The molecular weight excluding hydrogens is 288 g/mol. The van der Waals surface area contributed by atoms with Gasteiger partial charge in [-0.25, -0.2) is 0 Å². The van der Waals surface area contributed by atoms with Crippen LogP contribution in [-0.4, -0.2) is 43.6 Å². The fourth-order valence-electron chi connectivity index (χ4n) is 2.65. The third-order valence-electron chi connectivity index (χ3n) is 3.80. The van der Waals surface area contributed by atoms with E-state index in [1.807, 2.05) is 6.07 Å². The number of nitrogens with two attached hydrogens (primary N) is 1. The summed E-state index contributed by atoms with van der Waals surface area (Å²) in [5.74, 6) is 1.06. The van der Waals surface area contributed by atoms with Gasteiger partial charge in [0.15, 0.2) is 5.96 Å². The molecule has 1 aromatic carbocycles. The second-order valence-corrected chi connectivity index (χ2v) is 5.53. The van der Waals surface area contributed by atoms with Crippen LogP contribution in [0, 0.1) is 0 Å². The monoisotopic (exact) mass is 310 g/mol.